The van der Waals surface area contributed by atoms with Crippen LogP contribution in [0.1, 0.15) is 252 Å². The van der Waals surface area contributed by atoms with Gasteiger partial charge in [-0.1, -0.05) is 190 Å². The number of hydrogen-bond acceptors (Lipinski definition) is 5. The summed E-state index contributed by atoms with van der Waals surface area (Å²) in [5, 5.41) is 10.4. The van der Waals surface area contributed by atoms with Gasteiger partial charge in [-0.25, -0.2) is 4.79 Å². The standard InChI is InChI=1S/C57H97NO5/c1-4-7-10-13-16-19-22-25-28-31-34-37-40-43-46-49-52(59)55(53(60)50-47-44-41-38-35-32-29-26-23-20-17-14-11-8-5-2)57(58,56(62)63)54(61)51-48-45-42-39-36-33-30-27-24-21-18-15-12-9-6-3/h16-21,25-30,55H,4-15,22-24,31-51,58H2,1-3H3,(H,62,63)/b19-16-,20-17-,21-18-,28-25-,29-26-,30-27-. The van der Waals surface area contributed by atoms with Crippen LogP contribution in [0.2, 0.25) is 0 Å². The predicted octanol–water partition coefficient (Wildman–Crippen LogP) is 16.5. The number of carboxylic acid groups (broad SMARTS) is 1. The Morgan fingerprint density at radius 3 is 0.921 bits per heavy atom. The lowest BCUT2D eigenvalue weighted by molar-refractivity contribution is -0.157. The van der Waals surface area contributed by atoms with Crippen molar-refractivity contribution in [3.05, 3.63) is 72.9 Å². The van der Waals surface area contributed by atoms with Crippen LogP contribution in [0.25, 0.3) is 0 Å². The molecule has 0 rings (SSSR count). The molecule has 0 aromatic heterocycles. The van der Waals surface area contributed by atoms with Crippen molar-refractivity contribution in [2.45, 2.75) is 257 Å². The minimum absolute atomic E-state index is 0.0439. The van der Waals surface area contributed by atoms with E-state index < -0.39 is 34.8 Å². The number of allylic oxidation sites excluding steroid dienone is 12. The minimum Gasteiger partial charge on any atom is -0.480 e. The van der Waals surface area contributed by atoms with Gasteiger partial charge < -0.3 is 10.8 Å². The average molecular weight is 876 g/mol. The highest BCUT2D eigenvalue weighted by atomic mass is 16.4. The second-order valence-corrected chi connectivity index (χ2v) is 17.9. The quantitative estimate of drug-likeness (QED) is 0.0357. The summed E-state index contributed by atoms with van der Waals surface area (Å²) in [7, 11) is 0. The first-order chi connectivity index (χ1) is 30.8. The molecule has 3 N–H and O–H groups in total. The second kappa shape index (κ2) is 45.4. The molecular formula is C57H97NO5. The molecule has 6 nitrogen and oxygen atoms in total. The zero-order valence-corrected chi connectivity index (χ0v) is 41.1. The smallest absolute Gasteiger partial charge is 0.332 e. The minimum atomic E-state index is -2.53. The molecule has 0 fully saturated rings. The molecule has 0 aliphatic rings. The molecule has 0 saturated carbocycles. The van der Waals surface area contributed by atoms with Gasteiger partial charge >= 0.3 is 5.97 Å². The molecule has 63 heavy (non-hydrogen) atoms. The Balaban J connectivity index is 5.05. The molecular weight excluding hydrogens is 779 g/mol. The molecule has 0 aromatic rings. The Hall–Kier alpha value is -3.12. The van der Waals surface area contributed by atoms with Crippen LogP contribution in [-0.4, -0.2) is 34.0 Å². The Kier molecular flexibility index (Phi) is 43.2. The third-order valence-corrected chi connectivity index (χ3v) is 12.0. The summed E-state index contributed by atoms with van der Waals surface area (Å²) >= 11 is 0. The highest BCUT2D eigenvalue weighted by Crippen LogP contribution is 2.27. The molecule has 360 valence electrons. The van der Waals surface area contributed by atoms with Gasteiger partial charge in [0.1, 0.15) is 17.5 Å². The first-order valence-corrected chi connectivity index (χ1v) is 26.3. The number of carbonyl (C=O) groups is 4. The van der Waals surface area contributed by atoms with Crippen molar-refractivity contribution in [2.75, 3.05) is 0 Å². The first kappa shape index (κ1) is 59.9. The summed E-state index contributed by atoms with van der Waals surface area (Å²) in [4.78, 5) is 54.1. The van der Waals surface area contributed by atoms with Crippen molar-refractivity contribution in [1.29, 1.82) is 0 Å². The molecule has 0 amide bonds. The van der Waals surface area contributed by atoms with Crippen LogP contribution in [0.3, 0.4) is 0 Å². The molecule has 0 aliphatic carbocycles. The SMILES string of the molecule is CCCCC/C=C\C/C=C\CCCCCCCC(=O)C(C(=O)CCCCCCC/C=C\C/C=C\CCCCC)C(N)(C(=O)O)C(=O)CCCCCCC/C=C\C/C=C\CCCCC. The molecule has 0 heterocycles. The van der Waals surface area contributed by atoms with Crippen LogP contribution in [-0.2, 0) is 19.2 Å². The first-order valence-electron chi connectivity index (χ1n) is 26.3. The van der Waals surface area contributed by atoms with Gasteiger partial charge in [0.15, 0.2) is 11.3 Å². The second-order valence-electron chi connectivity index (χ2n) is 17.9. The Morgan fingerprint density at radius 2 is 0.635 bits per heavy atom. The number of rotatable bonds is 47. The predicted molar refractivity (Wildman–Crippen MR) is 271 cm³/mol. The molecule has 0 saturated heterocycles. The van der Waals surface area contributed by atoms with Crippen molar-refractivity contribution >= 4 is 23.3 Å². The van der Waals surface area contributed by atoms with Crippen LogP contribution in [0.15, 0.2) is 72.9 Å². The number of ketones is 3. The van der Waals surface area contributed by atoms with E-state index in [-0.39, 0.29) is 19.3 Å². The van der Waals surface area contributed by atoms with Crippen LogP contribution in [0, 0.1) is 5.92 Å². The molecule has 0 aromatic carbocycles. The summed E-state index contributed by atoms with van der Waals surface area (Å²) in [6, 6.07) is 0. The summed E-state index contributed by atoms with van der Waals surface area (Å²) in [5.74, 6) is -4.90. The zero-order valence-electron chi connectivity index (χ0n) is 41.1. The van der Waals surface area contributed by atoms with Gasteiger partial charge in [0, 0.05) is 19.3 Å². The van der Waals surface area contributed by atoms with Crippen molar-refractivity contribution in [1.82, 2.24) is 0 Å². The van der Waals surface area contributed by atoms with Gasteiger partial charge in [-0.15, -0.1) is 0 Å². The fourth-order valence-corrected chi connectivity index (χ4v) is 7.90. The average Bonchev–Trinajstić information content (AvgIpc) is 3.27. The van der Waals surface area contributed by atoms with Crippen molar-refractivity contribution in [3.63, 3.8) is 0 Å². The van der Waals surface area contributed by atoms with E-state index in [1.807, 2.05) is 0 Å². The molecule has 0 spiro atoms. The topological polar surface area (TPSA) is 115 Å². The van der Waals surface area contributed by atoms with Crippen LogP contribution >= 0.6 is 0 Å². The largest absolute Gasteiger partial charge is 0.480 e. The number of aliphatic carboxylic acids is 1. The van der Waals surface area contributed by atoms with E-state index in [1.165, 1.54) is 57.8 Å². The number of hydrogen-bond donors (Lipinski definition) is 2. The maximum atomic E-state index is 13.8. The van der Waals surface area contributed by atoms with Gasteiger partial charge in [-0.05, 0) is 116 Å². The third kappa shape index (κ3) is 34.9. The van der Waals surface area contributed by atoms with Crippen molar-refractivity contribution < 1.29 is 24.3 Å². The van der Waals surface area contributed by atoms with E-state index in [1.54, 1.807) is 0 Å². The Bertz CT molecular complexity index is 1250. The highest BCUT2D eigenvalue weighted by Gasteiger charge is 2.54. The Labute approximate surface area is 388 Å². The van der Waals surface area contributed by atoms with E-state index in [0.29, 0.717) is 19.3 Å². The maximum Gasteiger partial charge on any atom is 0.332 e. The number of carboxylic acids is 1. The van der Waals surface area contributed by atoms with E-state index >= 15 is 0 Å². The van der Waals surface area contributed by atoms with Crippen LogP contribution < -0.4 is 5.73 Å². The summed E-state index contributed by atoms with van der Waals surface area (Å²) < 4.78 is 0. The molecule has 6 heteroatoms. The zero-order chi connectivity index (χ0) is 46.3. The highest BCUT2D eigenvalue weighted by molar-refractivity contribution is 6.18. The molecule has 0 radical (unpaired) electrons. The summed E-state index contributed by atoms with van der Waals surface area (Å²) in [5.41, 5.74) is 3.95. The summed E-state index contributed by atoms with van der Waals surface area (Å²) in [6.45, 7) is 6.67. The fraction of sp³-hybridized carbons (Fsp3) is 0.719. The summed E-state index contributed by atoms with van der Waals surface area (Å²) in [6.07, 6.45) is 61.0. The van der Waals surface area contributed by atoms with E-state index in [0.717, 1.165) is 135 Å². The van der Waals surface area contributed by atoms with E-state index in [4.69, 9.17) is 5.73 Å². The van der Waals surface area contributed by atoms with Crippen LogP contribution in [0.4, 0.5) is 0 Å². The van der Waals surface area contributed by atoms with Gasteiger partial charge in [0.05, 0.1) is 0 Å². The normalized spacial score (nSPS) is 13.3. The van der Waals surface area contributed by atoms with Gasteiger partial charge in [-0.2, -0.15) is 0 Å². The fourth-order valence-electron chi connectivity index (χ4n) is 7.90. The van der Waals surface area contributed by atoms with E-state index in [2.05, 4.69) is 93.7 Å². The van der Waals surface area contributed by atoms with Crippen molar-refractivity contribution in [2.24, 2.45) is 11.7 Å². The lowest BCUT2D eigenvalue weighted by atomic mass is 9.72. The van der Waals surface area contributed by atoms with Gasteiger partial charge in [0.2, 0.25) is 0 Å². The number of Topliss-reactive ketones (excluding diaryl/α,β-unsaturated/α-hetero) is 3. The third-order valence-electron chi connectivity index (χ3n) is 12.0. The molecule has 0 bridgehead atoms. The van der Waals surface area contributed by atoms with Gasteiger partial charge in [-0.3, -0.25) is 14.4 Å². The van der Waals surface area contributed by atoms with Crippen LogP contribution in [0.5, 0.6) is 0 Å². The number of nitrogens with two attached hydrogens (primary N) is 1. The molecule has 0 aliphatic heterocycles. The Morgan fingerprint density at radius 1 is 0.381 bits per heavy atom. The monoisotopic (exact) mass is 876 g/mol. The lowest BCUT2D eigenvalue weighted by Crippen LogP contribution is -2.64. The molecule has 1 atom stereocenters. The molecule has 1 unspecified atom stereocenters. The van der Waals surface area contributed by atoms with Gasteiger partial charge in [0.25, 0.3) is 0 Å². The van der Waals surface area contributed by atoms with Crippen molar-refractivity contribution in [3.8, 4) is 0 Å². The lowest BCUT2D eigenvalue weighted by Gasteiger charge is -2.31. The number of unbranched alkanes of at least 4 members (excludes halogenated alkanes) is 24. The van der Waals surface area contributed by atoms with E-state index in [9.17, 15) is 24.3 Å². The number of carbonyl (C=O) groups excluding carboxylic acids is 3. The maximum absolute atomic E-state index is 13.8.